The van der Waals surface area contributed by atoms with Gasteiger partial charge in [-0.15, -0.1) is 13.2 Å². The number of nitrogen functional groups attached to an aromatic ring is 1. The molecule has 8 heteroatoms. The van der Waals surface area contributed by atoms with Gasteiger partial charge in [-0.2, -0.15) is 0 Å². The molecule has 0 atom stereocenters. The van der Waals surface area contributed by atoms with Crippen molar-refractivity contribution in [2.45, 2.75) is 12.9 Å². The molecule has 0 aliphatic heterocycles. The van der Waals surface area contributed by atoms with Gasteiger partial charge in [-0.3, -0.25) is 4.98 Å². The molecule has 1 rings (SSSR count). The molecule has 0 aliphatic carbocycles. The third-order valence-corrected chi connectivity index (χ3v) is 1.88. The van der Waals surface area contributed by atoms with Crippen molar-refractivity contribution in [1.82, 2.24) is 4.98 Å². The molecule has 1 aromatic heterocycles. The average molecular weight is 242 g/mol. The minimum atomic E-state index is -4.86. The number of halogens is 4. The van der Waals surface area contributed by atoms with E-state index in [2.05, 4.69) is 9.72 Å². The standard InChI is InChI=1S/C7H7ClF3N3O/c8-5-3(13)2-14-4(1-12)6(5)15-7(9,10)11/h2H,1,12-13H2. The first kappa shape index (κ1) is 11.9. The molecule has 4 nitrogen and oxygen atoms in total. The van der Waals surface area contributed by atoms with Gasteiger partial charge in [-0.1, -0.05) is 11.6 Å². The Hall–Kier alpha value is -1.21. The van der Waals surface area contributed by atoms with Gasteiger partial charge in [0, 0.05) is 6.54 Å². The van der Waals surface area contributed by atoms with Crippen LogP contribution in [0.25, 0.3) is 0 Å². The number of nitrogens with two attached hydrogens (primary N) is 2. The maximum absolute atomic E-state index is 12.0. The summed E-state index contributed by atoms with van der Waals surface area (Å²) in [5, 5.41) is -0.345. The highest BCUT2D eigenvalue weighted by Gasteiger charge is 2.33. The van der Waals surface area contributed by atoms with E-state index in [-0.39, 0.29) is 22.9 Å². The molecule has 4 N–H and O–H groups in total. The van der Waals surface area contributed by atoms with Crippen molar-refractivity contribution in [2.75, 3.05) is 5.73 Å². The smallest absolute Gasteiger partial charge is 0.402 e. The Kier molecular flexibility index (Phi) is 3.25. The maximum Gasteiger partial charge on any atom is 0.573 e. The van der Waals surface area contributed by atoms with Crippen LogP contribution in [-0.2, 0) is 6.54 Å². The normalized spacial score (nSPS) is 11.5. The Bertz CT molecular complexity index is 369. The van der Waals surface area contributed by atoms with Crippen LogP contribution in [0.15, 0.2) is 6.20 Å². The number of ether oxygens (including phenoxy) is 1. The van der Waals surface area contributed by atoms with Crippen molar-refractivity contribution in [1.29, 1.82) is 0 Å². The molecule has 0 bridgehead atoms. The van der Waals surface area contributed by atoms with Crippen LogP contribution in [0.4, 0.5) is 18.9 Å². The topological polar surface area (TPSA) is 74.2 Å². The first-order chi connectivity index (χ1) is 6.85. The molecule has 0 aromatic carbocycles. The van der Waals surface area contributed by atoms with Crippen LogP contribution in [-0.4, -0.2) is 11.3 Å². The number of hydrogen-bond donors (Lipinski definition) is 2. The number of nitrogens with zero attached hydrogens (tertiary/aromatic N) is 1. The van der Waals surface area contributed by atoms with Crippen LogP contribution in [0.1, 0.15) is 5.69 Å². The molecule has 0 unspecified atom stereocenters. The SMILES string of the molecule is NCc1ncc(N)c(Cl)c1OC(F)(F)F. The van der Waals surface area contributed by atoms with Crippen LogP contribution >= 0.6 is 11.6 Å². The van der Waals surface area contributed by atoms with E-state index in [0.717, 1.165) is 6.20 Å². The lowest BCUT2D eigenvalue weighted by molar-refractivity contribution is -0.275. The number of alkyl halides is 3. The highest BCUT2D eigenvalue weighted by Crippen LogP contribution is 2.35. The number of anilines is 1. The van der Waals surface area contributed by atoms with Gasteiger partial charge in [0.15, 0.2) is 5.75 Å². The minimum absolute atomic E-state index is 0.104. The summed E-state index contributed by atoms with van der Waals surface area (Å²) in [6.45, 7) is -0.231. The van der Waals surface area contributed by atoms with Gasteiger partial charge in [0.25, 0.3) is 0 Å². The lowest BCUT2D eigenvalue weighted by atomic mass is 10.3. The zero-order valence-electron chi connectivity index (χ0n) is 7.31. The number of rotatable bonds is 2. The zero-order valence-corrected chi connectivity index (χ0v) is 8.06. The van der Waals surface area contributed by atoms with E-state index in [1.54, 1.807) is 0 Å². The second-order valence-electron chi connectivity index (χ2n) is 2.56. The molecular weight excluding hydrogens is 235 g/mol. The fourth-order valence-electron chi connectivity index (χ4n) is 0.885. The summed E-state index contributed by atoms with van der Waals surface area (Å²) in [4.78, 5) is 3.58. The molecule has 15 heavy (non-hydrogen) atoms. The van der Waals surface area contributed by atoms with Crippen molar-refractivity contribution < 1.29 is 17.9 Å². The molecule has 0 saturated heterocycles. The Balaban J connectivity index is 3.18. The summed E-state index contributed by atoms with van der Waals surface area (Å²) >= 11 is 5.54. The highest BCUT2D eigenvalue weighted by molar-refractivity contribution is 6.34. The van der Waals surface area contributed by atoms with Crippen molar-refractivity contribution in [3.63, 3.8) is 0 Å². The molecule has 0 radical (unpaired) electrons. The van der Waals surface area contributed by atoms with Crippen molar-refractivity contribution >= 4 is 17.3 Å². The summed E-state index contributed by atoms with van der Waals surface area (Å²) in [5.74, 6) is -0.647. The molecule has 0 amide bonds. The Labute approximate surface area is 88.0 Å². The van der Waals surface area contributed by atoms with Crippen LogP contribution in [0, 0.1) is 0 Å². The molecule has 0 saturated carbocycles. The molecule has 1 heterocycles. The first-order valence-corrected chi connectivity index (χ1v) is 4.11. The number of aromatic nitrogens is 1. The van der Waals surface area contributed by atoms with E-state index in [1.165, 1.54) is 0 Å². The van der Waals surface area contributed by atoms with Crippen LogP contribution in [0.5, 0.6) is 5.75 Å². The van der Waals surface area contributed by atoms with Crippen molar-refractivity contribution in [2.24, 2.45) is 5.73 Å². The van der Waals surface area contributed by atoms with E-state index in [0.29, 0.717) is 0 Å². The van der Waals surface area contributed by atoms with Crippen LogP contribution < -0.4 is 16.2 Å². The monoisotopic (exact) mass is 241 g/mol. The Morgan fingerprint density at radius 3 is 2.53 bits per heavy atom. The lowest BCUT2D eigenvalue weighted by Gasteiger charge is -2.13. The second-order valence-corrected chi connectivity index (χ2v) is 2.93. The molecule has 84 valence electrons. The zero-order chi connectivity index (χ0) is 11.6. The third-order valence-electron chi connectivity index (χ3n) is 1.49. The summed E-state index contributed by atoms with van der Waals surface area (Å²) < 4.78 is 39.6. The van der Waals surface area contributed by atoms with Gasteiger partial charge in [-0.25, -0.2) is 0 Å². The molecular formula is C7H7ClF3N3O. The average Bonchev–Trinajstić information content (AvgIpc) is 2.11. The van der Waals surface area contributed by atoms with E-state index in [4.69, 9.17) is 23.1 Å². The summed E-state index contributed by atoms with van der Waals surface area (Å²) in [6.07, 6.45) is -3.74. The molecule has 1 aromatic rings. The molecule has 0 fully saturated rings. The molecule has 0 aliphatic rings. The molecule has 0 spiro atoms. The van der Waals surface area contributed by atoms with Crippen LogP contribution in [0.3, 0.4) is 0 Å². The van der Waals surface area contributed by atoms with E-state index < -0.39 is 12.1 Å². The summed E-state index contributed by atoms with van der Waals surface area (Å²) in [7, 11) is 0. The lowest BCUT2D eigenvalue weighted by Crippen LogP contribution is -2.20. The minimum Gasteiger partial charge on any atom is -0.402 e. The van der Waals surface area contributed by atoms with Crippen LogP contribution in [0.2, 0.25) is 5.02 Å². The van der Waals surface area contributed by atoms with Crippen molar-refractivity contribution in [3.05, 3.63) is 16.9 Å². The van der Waals surface area contributed by atoms with Gasteiger partial charge >= 0.3 is 6.36 Å². The largest absolute Gasteiger partial charge is 0.573 e. The number of pyridine rings is 1. The van der Waals surface area contributed by atoms with E-state index in [9.17, 15) is 13.2 Å². The van der Waals surface area contributed by atoms with Gasteiger partial charge < -0.3 is 16.2 Å². The predicted octanol–water partition coefficient (Wildman–Crippen LogP) is 1.67. The fraction of sp³-hybridized carbons (Fsp3) is 0.286. The maximum atomic E-state index is 12.0. The van der Waals surface area contributed by atoms with E-state index >= 15 is 0 Å². The highest BCUT2D eigenvalue weighted by atomic mass is 35.5. The predicted molar refractivity (Wildman–Crippen MR) is 48.2 cm³/mol. The van der Waals surface area contributed by atoms with Gasteiger partial charge in [0.1, 0.15) is 5.02 Å². The van der Waals surface area contributed by atoms with Gasteiger partial charge in [0.05, 0.1) is 17.6 Å². The Morgan fingerprint density at radius 1 is 1.47 bits per heavy atom. The third kappa shape index (κ3) is 2.87. The van der Waals surface area contributed by atoms with Gasteiger partial charge in [0.2, 0.25) is 0 Å². The van der Waals surface area contributed by atoms with Crippen molar-refractivity contribution in [3.8, 4) is 5.75 Å². The number of hydrogen-bond acceptors (Lipinski definition) is 4. The van der Waals surface area contributed by atoms with Gasteiger partial charge in [-0.05, 0) is 0 Å². The Morgan fingerprint density at radius 2 is 2.07 bits per heavy atom. The summed E-state index contributed by atoms with van der Waals surface area (Å²) in [5.41, 5.74) is 10.3. The fourth-order valence-corrected chi connectivity index (χ4v) is 1.08. The quantitative estimate of drug-likeness (QED) is 0.826. The summed E-state index contributed by atoms with van der Waals surface area (Å²) in [6, 6.07) is 0. The second kappa shape index (κ2) is 4.11. The van der Waals surface area contributed by atoms with E-state index in [1.807, 2.05) is 0 Å². The first-order valence-electron chi connectivity index (χ1n) is 3.74.